The first-order chi connectivity index (χ1) is 13.0. The van der Waals surface area contributed by atoms with Crippen LogP contribution in [0.15, 0.2) is 45.7 Å². The first kappa shape index (κ1) is 21.7. The largest absolute Gasteiger partial charge is 0.455 e. The molecule has 0 bridgehead atoms. The van der Waals surface area contributed by atoms with E-state index in [-0.39, 0.29) is 17.4 Å². The van der Waals surface area contributed by atoms with Crippen molar-refractivity contribution in [3.8, 4) is 0 Å². The zero-order valence-electron chi connectivity index (χ0n) is 15.9. The van der Waals surface area contributed by atoms with Crippen molar-refractivity contribution < 1.29 is 13.4 Å². The molecule has 1 aromatic heterocycles. The summed E-state index contributed by atoms with van der Waals surface area (Å²) in [5.41, 5.74) is 0. The van der Waals surface area contributed by atoms with Crippen LogP contribution in [0.4, 0.5) is 0 Å². The highest BCUT2D eigenvalue weighted by Crippen LogP contribution is 2.17. The first-order valence-corrected chi connectivity index (χ1v) is 11.0. The van der Waals surface area contributed by atoms with Gasteiger partial charge in [0.25, 0.3) is 5.91 Å². The number of carbonyl (C=O) groups excluding carboxylic acids is 1. The zero-order chi connectivity index (χ0) is 19.6. The van der Waals surface area contributed by atoms with Gasteiger partial charge >= 0.3 is 0 Å². The Kier molecular flexibility index (Phi) is 9.04. The van der Waals surface area contributed by atoms with Crippen LogP contribution in [0.5, 0.6) is 0 Å². The Labute approximate surface area is 168 Å². The summed E-state index contributed by atoms with van der Waals surface area (Å²) in [5.74, 6) is 0.738. The third-order valence-corrected chi connectivity index (χ3v) is 5.82. The number of hydrogen-bond acceptors (Lipinski definition) is 4. The highest BCUT2D eigenvalue weighted by atomic mass is 35.5. The maximum absolute atomic E-state index is 12.4. The molecule has 0 aliphatic heterocycles. The van der Waals surface area contributed by atoms with E-state index in [1.165, 1.54) is 0 Å². The van der Waals surface area contributed by atoms with Crippen molar-refractivity contribution in [2.75, 3.05) is 26.2 Å². The molecule has 1 amide bonds. The number of unbranched alkanes of at least 4 members (excludes halogenated alkanes) is 1. The van der Waals surface area contributed by atoms with Gasteiger partial charge in [-0.25, -0.2) is 0 Å². The summed E-state index contributed by atoms with van der Waals surface area (Å²) >= 11 is 5.85. The highest BCUT2D eigenvalue weighted by Gasteiger charge is 2.14. The third-order valence-electron chi connectivity index (χ3n) is 4.22. The predicted molar refractivity (Wildman–Crippen MR) is 110 cm³/mol. The Morgan fingerprint density at radius 2 is 1.89 bits per heavy atom. The molecule has 1 heterocycles. The van der Waals surface area contributed by atoms with E-state index >= 15 is 0 Å². The normalized spacial score (nSPS) is 12.3. The van der Waals surface area contributed by atoms with E-state index in [0.29, 0.717) is 22.2 Å². The van der Waals surface area contributed by atoms with Crippen LogP contribution in [0.2, 0.25) is 5.02 Å². The molecule has 27 heavy (non-hydrogen) atoms. The summed E-state index contributed by atoms with van der Waals surface area (Å²) in [6.07, 6.45) is 2.32. The number of hydrogen-bond donors (Lipinski definition) is 1. The van der Waals surface area contributed by atoms with Crippen molar-refractivity contribution in [3.05, 3.63) is 52.9 Å². The smallest absolute Gasteiger partial charge is 0.287 e. The number of nitrogens with zero attached hydrogens (tertiary/aromatic N) is 1. The number of nitrogens with one attached hydrogen (secondary N) is 1. The second-order valence-corrected chi connectivity index (χ2v) is 8.14. The minimum absolute atomic E-state index is 0.218. The standard InChI is InChI=1S/C20H27ClN2O3S/c1-3-5-13-23(4-2)14-12-22-20(24)19-11-8-17(26-19)15-27(25)18-9-6-16(21)7-10-18/h6-11H,3-5,12-15H2,1-2H3,(H,22,24)/t27-/m0/s1. The Morgan fingerprint density at radius 3 is 2.56 bits per heavy atom. The summed E-state index contributed by atoms with van der Waals surface area (Å²) in [6.45, 7) is 7.70. The van der Waals surface area contributed by atoms with Crippen molar-refractivity contribution in [1.82, 2.24) is 10.2 Å². The molecule has 1 N–H and O–H groups in total. The minimum Gasteiger partial charge on any atom is -0.455 e. The van der Waals surface area contributed by atoms with Crippen molar-refractivity contribution in [2.45, 2.75) is 37.3 Å². The summed E-state index contributed by atoms with van der Waals surface area (Å²) in [6, 6.07) is 10.2. The van der Waals surface area contributed by atoms with Gasteiger partial charge in [0.05, 0.1) is 16.6 Å². The molecule has 1 atom stereocenters. The maximum Gasteiger partial charge on any atom is 0.287 e. The van der Waals surface area contributed by atoms with E-state index in [1.54, 1.807) is 36.4 Å². The number of carbonyl (C=O) groups is 1. The summed E-state index contributed by atoms with van der Waals surface area (Å²) in [7, 11) is -1.25. The molecule has 2 aromatic rings. The Morgan fingerprint density at radius 1 is 1.15 bits per heavy atom. The van der Waals surface area contributed by atoms with Gasteiger partial charge in [-0.3, -0.25) is 9.00 Å². The molecular weight excluding hydrogens is 384 g/mol. The van der Waals surface area contributed by atoms with Crippen molar-refractivity contribution in [3.63, 3.8) is 0 Å². The summed E-state index contributed by atoms with van der Waals surface area (Å²) in [5, 5.41) is 3.48. The molecule has 0 aliphatic carbocycles. The molecule has 0 saturated heterocycles. The van der Waals surface area contributed by atoms with Gasteiger partial charge in [-0.15, -0.1) is 0 Å². The van der Waals surface area contributed by atoms with Gasteiger partial charge in [0, 0.05) is 23.0 Å². The number of rotatable bonds is 11. The van der Waals surface area contributed by atoms with Crippen LogP contribution >= 0.6 is 11.6 Å². The van der Waals surface area contributed by atoms with E-state index in [9.17, 15) is 9.00 Å². The van der Waals surface area contributed by atoms with Crippen LogP contribution < -0.4 is 5.32 Å². The molecule has 0 spiro atoms. The second kappa shape index (κ2) is 11.3. The number of furan rings is 1. The number of halogens is 1. The van der Waals surface area contributed by atoms with E-state index in [4.69, 9.17) is 16.0 Å². The molecule has 7 heteroatoms. The Balaban J connectivity index is 1.82. The number of amides is 1. The van der Waals surface area contributed by atoms with Gasteiger partial charge < -0.3 is 14.6 Å². The van der Waals surface area contributed by atoms with Gasteiger partial charge in [-0.2, -0.15) is 0 Å². The molecule has 0 saturated carbocycles. The fourth-order valence-electron chi connectivity index (χ4n) is 2.60. The number of likely N-dealkylation sites (N-methyl/N-ethyl adjacent to an activating group) is 1. The van der Waals surface area contributed by atoms with Gasteiger partial charge in [-0.05, 0) is 55.9 Å². The molecule has 1 aromatic carbocycles. The van der Waals surface area contributed by atoms with Crippen LogP contribution in [-0.2, 0) is 16.6 Å². The summed E-state index contributed by atoms with van der Waals surface area (Å²) in [4.78, 5) is 15.2. The third kappa shape index (κ3) is 7.13. The van der Waals surface area contributed by atoms with Crippen LogP contribution in [-0.4, -0.2) is 41.2 Å². The monoisotopic (exact) mass is 410 g/mol. The predicted octanol–water partition coefficient (Wildman–Crippen LogP) is 4.09. The molecule has 0 fully saturated rings. The Bertz CT molecular complexity index is 746. The molecule has 0 radical (unpaired) electrons. The zero-order valence-corrected chi connectivity index (χ0v) is 17.4. The lowest BCUT2D eigenvalue weighted by molar-refractivity contribution is 0.0919. The van der Waals surface area contributed by atoms with E-state index < -0.39 is 10.8 Å². The second-order valence-electron chi connectivity index (χ2n) is 6.25. The van der Waals surface area contributed by atoms with Crippen molar-refractivity contribution in [2.24, 2.45) is 0 Å². The Hall–Kier alpha value is -1.63. The van der Waals surface area contributed by atoms with Crippen LogP contribution in [0.1, 0.15) is 43.0 Å². The summed E-state index contributed by atoms with van der Waals surface area (Å²) < 4.78 is 17.9. The van der Waals surface area contributed by atoms with E-state index in [0.717, 1.165) is 32.5 Å². The minimum atomic E-state index is -1.25. The lowest BCUT2D eigenvalue weighted by Gasteiger charge is -2.19. The maximum atomic E-state index is 12.4. The molecule has 5 nitrogen and oxygen atoms in total. The molecule has 148 valence electrons. The van der Waals surface area contributed by atoms with Gasteiger partial charge in [-0.1, -0.05) is 31.9 Å². The first-order valence-electron chi connectivity index (χ1n) is 9.26. The van der Waals surface area contributed by atoms with Crippen LogP contribution in [0, 0.1) is 0 Å². The van der Waals surface area contributed by atoms with E-state index in [2.05, 4.69) is 24.1 Å². The van der Waals surface area contributed by atoms with Crippen LogP contribution in [0.3, 0.4) is 0 Å². The molecule has 0 unspecified atom stereocenters. The van der Waals surface area contributed by atoms with Gasteiger partial charge in [0.2, 0.25) is 0 Å². The molecular formula is C20H27ClN2O3S. The van der Waals surface area contributed by atoms with Gasteiger partial charge in [0.15, 0.2) is 5.76 Å². The highest BCUT2D eigenvalue weighted by molar-refractivity contribution is 7.84. The lowest BCUT2D eigenvalue weighted by atomic mass is 10.3. The van der Waals surface area contributed by atoms with Crippen molar-refractivity contribution >= 4 is 28.3 Å². The average molecular weight is 411 g/mol. The topological polar surface area (TPSA) is 62.6 Å². The SMILES string of the molecule is CCCCN(CC)CCNC(=O)c1ccc(C[S@](=O)c2ccc(Cl)cc2)o1. The number of benzene rings is 1. The van der Waals surface area contributed by atoms with Crippen molar-refractivity contribution in [1.29, 1.82) is 0 Å². The van der Waals surface area contributed by atoms with Gasteiger partial charge in [0.1, 0.15) is 5.76 Å². The van der Waals surface area contributed by atoms with Crippen LogP contribution in [0.25, 0.3) is 0 Å². The molecule has 2 rings (SSSR count). The van der Waals surface area contributed by atoms with E-state index in [1.807, 2.05) is 0 Å². The molecule has 0 aliphatic rings. The average Bonchev–Trinajstić information content (AvgIpc) is 3.13. The lowest BCUT2D eigenvalue weighted by Crippen LogP contribution is -2.35. The quantitative estimate of drug-likeness (QED) is 0.606. The fourth-order valence-corrected chi connectivity index (χ4v) is 3.75. The fraction of sp³-hybridized carbons (Fsp3) is 0.450.